The number of aromatic nitrogens is 3. The third-order valence-electron chi connectivity index (χ3n) is 6.32. The van der Waals surface area contributed by atoms with Gasteiger partial charge in [-0.1, -0.05) is 0 Å². The molecule has 0 spiro atoms. The Labute approximate surface area is 185 Å². The van der Waals surface area contributed by atoms with Gasteiger partial charge in [0.2, 0.25) is 0 Å². The number of nitrogens with two attached hydrogens (primary N) is 1. The van der Waals surface area contributed by atoms with E-state index in [1.807, 2.05) is 12.3 Å². The Balaban J connectivity index is 1.72. The molecule has 164 valence electrons. The lowest BCUT2D eigenvalue weighted by molar-refractivity contribution is 0.0601. The zero-order valence-corrected chi connectivity index (χ0v) is 18.1. The lowest BCUT2D eigenvalue weighted by Crippen LogP contribution is -2.13. The predicted molar refractivity (Wildman–Crippen MR) is 125 cm³/mol. The van der Waals surface area contributed by atoms with Crippen molar-refractivity contribution in [1.82, 2.24) is 14.5 Å². The van der Waals surface area contributed by atoms with Crippen LogP contribution in [0.5, 0.6) is 0 Å². The number of nitrogens with one attached hydrogen (secondary N) is 1. The molecule has 1 aliphatic carbocycles. The number of aryl methyl sites for hydroxylation is 3. The van der Waals surface area contributed by atoms with E-state index in [-0.39, 0.29) is 5.56 Å². The summed E-state index contributed by atoms with van der Waals surface area (Å²) in [5, 5.41) is 0.792. The fourth-order valence-corrected chi connectivity index (χ4v) is 4.68. The molecule has 0 bridgehead atoms. The van der Waals surface area contributed by atoms with Crippen molar-refractivity contribution in [2.45, 2.75) is 38.6 Å². The molecule has 0 radical (unpaired) electrons. The van der Waals surface area contributed by atoms with E-state index >= 15 is 0 Å². The van der Waals surface area contributed by atoms with Gasteiger partial charge >= 0.3 is 5.97 Å². The molecule has 0 saturated carbocycles. The van der Waals surface area contributed by atoms with Crippen molar-refractivity contribution in [3.05, 3.63) is 63.6 Å². The highest BCUT2D eigenvalue weighted by Gasteiger charge is 2.19. The Hall–Kier alpha value is -3.45. The van der Waals surface area contributed by atoms with Crippen molar-refractivity contribution >= 4 is 27.9 Å². The average Bonchev–Trinajstić information content (AvgIpc) is 3.18. The largest absolute Gasteiger partial charge is 0.465 e. The summed E-state index contributed by atoms with van der Waals surface area (Å²) in [7, 11) is 1.36. The topological polar surface area (TPSA) is 103 Å². The second-order valence-electron chi connectivity index (χ2n) is 8.36. The summed E-state index contributed by atoms with van der Waals surface area (Å²) in [4.78, 5) is 33.1. The molecule has 0 aliphatic heterocycles. The van der Waals surface area contributed by atoms with Crippen LogP contribution in [-0.2, 0) is 24.1 Å². The molecule has 5 rings (SSSR count). The molecule has 0 saturated heterocycles. The first-order valence-electron chi connectivity index (χ1n) is 11.1. The lowest BCUT2D eigenvalue weighted by atomic mass is 9.91. The minimum Gasteiger partial charge on any atom is -0.465 e. The number of rotatable bonds is 5. The van der Waals surface area contributed by atoms with Crippen LogP contribution in [0.15, 0.2) is 41.3 Å². The van der Waals surface area contributed by atoms with Crippen LogP contribution in [0.25, 0.3) is 33.2 Å². The highest BCUT2D eigenvalue weighted by atomic mass is 16.5. The van der Waals surface area contributed by atoms with E-state index in [0.29, 0.717) is 29.9 Å². The molecule has 0 unspecified atom stereocenters. The zero-order valence-electron chi connectivity index (χ0n) is 18.1. The monoisotopic (exact) mass is 430 g/mol. The molecule has 7 nitrogen and oxygen atoms in total. The molecule has 2 aromatic carbocycles. The number of ether oxygens (including phenoxy) is 1. The molecule has 4 aromatic rings. The van der Waals surface area contributed by atoms with Gasteiger partial charge in [-0.25, -0.2) is 9.78 Å². The van der Waals surface area contributed by atoms with E-state index in [9.17, 15) is 9.59 Å². The number of nitrogens with zero attached hydrogens (tertiary/aromatic N) is 2. The number of aromatic amines is 1. The van der Waals surface area contributed by atoms with Crippen molar-refractivity contribution in [3.8, 4) is 11.3 Å². The Kier molecular flexibility index (Phi) is 5.27. The Bertz CT molecular complexity index is 1400. The minimum absolute atomic E-state index is 0.241. The number of carbonyl (C=O) groups is 1. The number of carbonyl (C=O) groups excluding carboxylic acids is 1. The standard InChI is InChI=1S/C25H26N4O3/c1-32-25(31)17-7-8-22-18(11-17)19(14-29(22)10-4-9-26)23-24(30)28-21-13-16-6-3-2-5-15(16)12-20(21)27-23/h7-8,11-14H,2-6,9-10,26H2,1H3,(H,28,30). The van der Waals surface area contributed by atoms with Crippen molar-refractivity contribution in [2.24, 2.45) is 5.73 Å². The third kappa shape index (κ3) is 3.48. The Morgan fingerprint density at radius 3 is 2.72 bits per heavy atom. The van der Waals surface area contributed by atoms with Gasteiger partial charge < -0.3 is 20.0 Å². The number of fused-ring (bicyclic) bond motifs is 3. The number of H-pyrrole nitrogens is 1. The van der Waals surface area contributed by atoms with Crippen molar-refractivity contribution < 1.29 is 9.53 Å². The summed E-state index contributed by atoms with van der Waals surface area (Å²) in [6, 6.07) is 9.57. The number of esters is 1. The van der Waals surface area contributed by atoms with Gasteiger partial charge in [-0.15, -0.1) is 0 Å². The maximum Gasteiger partial charge on any atom is 0.337 e. The summed E-state index contributed by atoms with van der Waals surface area (Å²) in [6.07, 6.45) is 7.18. The van der Waals surface area contributed by atoms with Gasteiger partial charge in [-0.3, -0.25) is 4.79 Å². The van der Waals surface area contributed by atoms with Gasteiger partial charge in [-0.2, -0.15) is 0 Å². The van der Waals surface area contributed by atoms with Gasteiger partial charge in [0.25, 0.3) is 5.56 Å². The maximum atomic E-state index is 13.1. The molecule has 32 heavy (non-hydrogen) atoms. The molecular weight excluding hydrogens is 404 g/mol. The van der Waals surface area contributed by atoms with Gasteiger partial charge in [-0.05, 0) is 80.1 Å². The normalized spacial score (nSPS) is 13.4. The summed E-state index contributed by atoms with van der Waals surface area (Å²) in [6.45, 7) is 1.28. The predicted octanol–water partition coefficient (Wildman–Crippen LogP) is 3.56. The maximum absolute atomic E-state index is 13.1. The third-order valence-corrected chi connectivity index (χ3v) is 6.32. The Morgan fingerprint density at radius 2 is 1.97 bits per heavy atom. The van der Waals surface area contributed by atoms with E-state index in [2.05, 4.69) is 21.7 Å². The first kappa shape index (κ1) is 20.5. The first-order chi connectivity index (χ1) is 15.6. The van der Waals surface area contributed by atoms with Crippen molar-refractivity contribution in [1.29, 1.82) is 0 Å². The van der Waals surface area contributed by atoms with Crippen LogP contribution in [0.4, 0.5) is 0 Å². The SMILES string of the molecule is COC(=O)c1ccc2c(c1)c(-c1nc3cc4c(cc3[nH]c1=O)CCCC4)cn2CCCN. The van der Waals surface area contributed by atoms with Crippen molar-refractivity contribution in [3.63, 3.8) is 0 Å². The fourth-order valence-electron chi connectivity index (χ4n) is 4.68. The average molecular weight is 431 g/mol. The first-order valence-corrected chi connectivity index (χ1v) is 11.1. The quantitative estimate of drug-likeness (QED) is 0.471. The molecule has 7 heteroatoms. The number of methoxy groups -OCH3 is 1. The van der Waals surface area contributed by atoms with E-state index in [1.165, 1.54) is 31.1 Å². The highest BCUT2D eigenvalue weighted by molar-refractivity contribution is 6.01. The molecule has 3 N–H and O–H groups in total. The van der Waals surface area contributed by atoms with Gasteiger partial charge in [0.05, 0.1) is 23.7 Å². The lowest BCUT2D eigenvalue weighted by Gasteiger charge is -2.16. The second kappa shape index (κ2) is 8.24. The van der Waals surface area contributed by atoms with Crippen LogP contribution in [0.1, 0.15) is 40.7 Å². The number of hydrogen-bond acceptors (Lipinski definition) is 5. The van der Waals surface area contributed by atoms with Crippen LogP contribution >= 0.6 is 0 Å². The summed E-state index contributed by atoms with van der Waals surface area (Å²) in [5.74, 6) is -0.417. The molecule has 0 atom stereocenters. The molecule has 2 heterocycles. The molecule has 1 aliphatic rings. The highest BCUT2D eigenvalue weighted by Crippen LogP contribution is 2.31. The number of hydrogen-bond donors (Lipinski definition) is 2. The minimum atomic E-state index is -0.417. The van der Waals surface area contributed by atoms with Crippen LogP contribution in [0, 0.1) is 0 Å². The second-order valence-corrected chi connectivity index (χ2v) is 8.36. The van der Waals surface area contributed by atoms with Gasteiger partial charge in [0.15, 0.2) is 0 Å². The van der Waals surface area contributed by atoms with Crippen LogP contribution in [0.3, 0.4) is 0 Å². The van der Waals surface area contributed by atoms with Crippen LogP contribution in [-0.4, -0.2) is 34.2 Å². The van der Waals surface area contributed by atoms with E-state index in [1.54, 1.807) is 12.1 Å². The summed E-state index contributed by atoms with van der Waals surface area (Å²) < 4.78 is 6.96. The van der Waals surface area contributed by atoms with E-state index in [0.717, 1.165) is 41.2 Å². The Morgan fingerprint density at radius 1 is 1.19 bits per heavy atom. The number of benzene rings is 2. The molecular formula is C25H26N4O3. The van der Waals surface area contributed by atoms with E-state index < -0.39 is 5.97 Å². The summed E-state index contributed by atoms with van der Waals surface area (Å²) in [5.41, 5.74) is 12.1. The van der Waals surface area contributed by atoms with Crippen molar-refractivity contribution in [2.75, 3.05) is 13.7 Å². The van der Waals surface area contributed by atoms with Gasteiger partial charge in [0, 0.05) is 29.2 Å². The molecule has 2 aromatic heterocycles. The summed E-state index contributed by atoms with van der Waals surface area (Å²) >= 11 is 0. The van der Waals surface area contributed by atoms with E-state index in [4.69, 9.17) is 15.5 Å². The van der Waals surface area contributed by atoms with Crippen LogP contribution in [0.2, 0.25) is 0 Å². The molecule has 0 amide bonds. The molecule has 0 fully saturated rings. The fraction of sp³-hybridized carbons (Fsp3) is 0.320. The van der Waals surface area contributed by atoms with Crippen LogP contribution < -0.4 is 11.3 Å². The zero-order chi connectivity index (χ0) is 22.2. The van der Waals surface area contributed by atoms with Gasteiger partial charge in [0.1, 0.15) is 5.69 Å². The smallest absolute Gasteiger partial charge is 0.337 e.